The standard InChI is InChI=1S/C24H25ClN2O2/c1-2-3-15-22(29)27-20-13-7-6-11-18(20)26-19-12-8-14-21(28)23(19)24(27)16-9-4-5-10-17(16)25/h4-7,9-11,13,24,26H,2-3,8,12,14-15H2,1H3. The van der Waals surface area contributed by atoms with E-state index in [1.165, 1.54) is 0 Å². The van der Waals surface area contributed by atoms with Crippen LogP contribution in [0.2, 0.25) is 5.02 Å². The Morgan fingerprint density at radius 1 is 1.14 bits per heavy atom. The van der Waals surface area contributed by atoms with E-state index >= 15 is 0 Å². The molecule has 0 spiro atoms. The van der Waals surface area contributed by atoms with E-state index in [0.29, 0.717) is 23.4 Å². The lowest BCUT2D eigenvalue weighted by molar-refractivity contribution is -0.119. The fourth-order valence-corrected chi connectivity index (χ4v) is 4.49. The molecule has 1 unspecified atom stereocenters. The van der Waals surface area contributed by atoms with Crippen molar-refractivity contribution < 1.29 is 9.59 Å². The van der Waals surface area contributed by atoms with Crippen LogP contribution in [-0.2, 0) is 9.59 Å². The molecule has 0 bridgehead atoms. The average molecular weight is 409 g/mol. The summed E-state index contributed by atoms with van der Waals surface area (Å²) >= 11 is 6.60. The molecule has 0 saturated heterocycles. The Morgan fingerprint density at radius 3 is 2.69 bits per heavy atom. The maximum atomic E-state index is 13.5. The van der Waals surface area contributed by atoms with E-state index in [2.05, 4.69) is 12.2 Å². The van der Waals surface area contributed by atoms with Gasteiger partial charge in [-0.15, -0.1) is 0 Å². The first-order valence-corrected chi connectivity index (χ1v) is 10.7. The number of unbranched alkanes of at least 4 members (excludes halogenated alkanes) is 1. The van der Waals surface area contributed by atoms with Crippen molar-refractivity contribution in [3.63, 3.8) is 0 Å². The third-order valence-electron chi connectivity index (χ3n) is 5.65. The van der Waals surface area contributed by atoms with Gasteiger partial charge in [0.05, 0.1) is 17.4 Å². The summed E-state index contributed by atoms with van der Waals surface area (Å²) in [6, 6.07) is 14.8. The summed E-state index contributed by atoms with van der Waals surface area (Å²) in [6.45, 7) is 2.07. The summed E-state index contributed by atoms with van der Waals surface area (Å²) in [5.74, 6) is 0.0999. The first kappa shape index (κ1) is 19.7. The quantitative estimate of drug-likeness (QED) is 0.671. The Balaban J connectivity index is 1.97. The number of benzene rings is 2. The molecule has 150 valence electrons. The number of hydrogen-bond donors (Lipinski definition) is 1. The second-order valence-corrected chi connectivity index (χ2v) is 8.01. The number of fused-ring (bicyclic) bond motifs is 1. The smallest absolute Gasteiger partial charge is 0.227 e. The average Bonchev–Trinajstić information content (AvgIpc) is 2.87. The summed E-state index contributed by atoms with van der Waals surface area (Å²) in [5.41, 5.74) is 4.02. The number of hydrogen-bond acceptors (Lipinski definition) is 3. The highest BCUT2D eigenvalue weighted by molar-refractivity contribution is 6.31. The Morgan fingerprint density at radius 2 is 1.90 bits per heavy atom. The SMILES string of the molecule is CCCCC(=O)N1c2ccccc2NC2=C(C(=O)CCC2)C1c1ccccc1Cl. The fraction of sp³-hybridized carbons (Fsp3) is 0.333. The van der Waals surface area contributed by atoms with E-state index in [0.717, 1.165) is 48.3 Å². The van der Waals surface area contributed by atoms with Gasteiger partial charge < -0.3 is 5.32 Å². The van der Waals surface area contributed by atoms with E-state index in [4.69, 9.17) is 11.6 Å². The molecule has 29 heavy (non-hydrogen) atoms. The zero-order valence-electron chi connectivity index (χ0n) is 16.6. The van der Waals surface area contributed by atoms with Crippen molar-refractivity contribution in [1.82, 2.24) is 0 Å². The molecule has 0 aromatic heterocycles. The van der Waals surface area contributed by atoms with Crippen LogP contribution in [0.1, 0.15) is 57.1 Å². The lowest BCUT2D eigenvalue weighted by atomic mass is 9.85. The zero-order chi connectivity index (χ0) is 20.4. The lowest BCUT2D eigenvalue weighted by Crippen LogP contribution is -2.38. The highest BCUT2D eigenvalue weighted by Gasteiger charge is 2.39. The van der Waals surface area contributed by atoms with Crippen molar-refractivity contribution in [1.29, 1.82) is 0 Å². The van der Waals surface area contributed by atoms with Crippen molar-refractivity contribution in [2.24, 2.45) is 0 Å². The number of amides is 1. The van der Waals surface area contributed by atoms with Crippen molar-refractivity contribution >= 4 is 34.7 Å². The molecule has 2 aromatic carbocycles. The number of Topliss-reactive ketones (excluding diaryl/α,β-unsaturated/α-hetero) is 1. The minimum absolute atomic E-state index is 0.0122. The van der Waals surface area contributed by atoms with Gasteiger partial charge in [-0.05, 0) is 43.0 Å². The highest BCUT2D eigenvalue weighted by Crippen LogP contribution is 2.46. The number of nitrogens with one attached hydrogen (secondary N) is 1. The van der Waals surface area contributed by atoms with Crippen LogP contribution in [0, 0.1) is 0 Å². The molecular weight excluding hydrogens is 384 g/mol. The van der Waals surface area contributed by atoms with Gasteiger partial charge in [-0.25, -0.2) is 0 Å². The Bertz CT molecular complexity index is 982. The van der Waals surface area contributed by atoms with Crippen LogP contribution >= 0.6 is 11.6 Å². The molecule has 1 N–H and O–H groups in total. The van der Waals surface area contributed by atoms with Crippen LogP contribution < -0.4 is 10.2 Å². The Kier molecular flexibility index (Phi) is 5.72. The molecule has 4 nitrogen and oxygen atoms in total. The molecular formula is C24H25ClN2O2. The number of halogens is 1. The molecule has 0 saturated carbocycles. The predicted molar refractivity (Wildman–Crippen MR) is 117 cm³/mol. The zero-order valence-corrected chi connectivity index (χ0v) is 17.3. The third-order valence-corrected chi connectivity index (χ3v) is 5.99. The Hall–Kier alpha value is -2.59. The van der Waals surface area contributed by atoms with Crippen molar-refractivity contribution in [2.75, 3.05) is 10.2 Å². The van der Waals surface area contributed by atoms with Gasteiger partial charge in [0.1, 0.15) is 0 Å². The molecule has 0 radical (unpaired) electrons. The number of carbonyl (C=O) groups is 2. The first-order chi connectivity index (χ1) is 14.1. The fourth-order valence-electron chi connectivity index (χ4n) is 4.25. The van der Waals surface area contributed by atoms with Crippen LogP contribution in [0.15, 0.2) is 59.8 Å². The molecule has 1 heterocycles. The first-order valence-electron chi connectivity index (χ1n) is 10.3. The molecule has 4 rings (SSSR count). The number of para-hydroxylation sites is 2. The van der Waals surface area contributed by atoms with E-state index in [1.54, 1.807) is 4.90 Å². The topological polar surface area (TPSA) is 49.4 Å². The van der Waals surface area contributed by atoms with Gasteiger partial charge in [-0.2, -0.15) is 0 Å². The number of rotatable bonds is 4. The largest absolute Gasteiger partial charge is 0.357 e. The van der Waals surface area contributed by atoms with Gasteiger partial charge in [0.15, 0.2) is 5.78 Å². The molecule has 2 aliphatic rings. The van der Waals surface area contributed by atoms with E-state index in [1.807, 2.05) is 48.5 Å². The van der Waals surface area contributed by atoms with Gasteiger partial charge in [0, 0.05) is 29.1 Å². The predicted octanol–water partition coefficient (Wildman–Crippen LogP) is 6.04. The number of allylic oxidation sites excluding steroid dienone is 1. The third kappa shape index (κ3) is 3.69. The summed E-state index contributed by atoms with van der Waals surface area (Å²) in [5, 5.41) is 4.04. The van der Waals surface area contributed by atoms with Gasteiger partial charge in [0.2, 0.25) is 5.91 Å². The lowest BCUT2D eigenvalue weighted by Gasteiger charge is -2.34. The van der Waals surface area contributed by atoms with Crippen molar-refractivity contribution in [3.05, 3.63) is 70.4 Å². The maximum absolute atomic E-state index is 13.5. The molecule has 5 heteroatoms. The van der Waals surface area contributed by atoms with Crippen LogP contribution in [-0.4, -0.2) is 11.7 Å². The minimum atomic E-state index is -0.521. The molecule has 1 amide bonds. The van der Waals surface area contributed by atoms with E-state index < -0.39 is 6.04 Å². The second-order valence-electron chi connectivity index (χ2n) is 7.60. The minimum Gasteiger partial charge on any atom is -0.357 e. The van der Waals surface area contributed by atoms with Crippen molar-refractivity contribution in [2.45, 2.75) is 51.5 Å². The van der Waals surface area contributed by atoms with Gasteiger partial charge in [-0.3, -0.25) is 14.5 Å². The van der Waals surface area contributed by atoms with Gasteiger partial charge >= 0.3 is 0 Å². The number of ketones is 1. The monoisotopic (exact) mass is 408 g/mol. The number of anilines is 2. The van der Waals surface area contributed by atoms with Crippen molar-refractivity contribution in [3.8, 4) is 0 Å². The van der Waals surface area contributed by atoms with Crippen LogP contribution in [0.3, 0.4) is 0 Å². The maximum Gasteiger partial charge on any atom is 0.227 e. The normalized spacial score (nSPS) is 18.6. The van der Waals surface area contributed by atoms with Crippen LogP contribution in [0.25, 0.3) is 0 Å². The van der Waals surface area contributed by atoms with E-state index in [-0.39, 0.29) is 11.7 Å². The number of nitrogens with zero attached hydrogens (tertiary/aromatic N) is 1. The van der Waals surface area contributed by atoms with Gasteiger partial charge in [0.25, 0.3) is 0 Å². The molecule has 1 aliphatic carbocycles. The second kappa shape index (κ2) is 8.42. The van der Waals surface area contributed by atoms with E-state index in [9.17, 15) is 9.59 Å². The van der Waals surface area contributed by atoms with Gasteiger partial charge in [-0.1, -0.05) is 55.3 Å². The summed E-state index contributed by atoms with van der Waals surface area (Å²) in [4.78, 5) is 28.4. The molecule has 2 aromatic rings. The highest BCUT2D eigenvalue weighted by atomic mass is 35.5. The number of carbonyl (C=O) groups excluding carboxylic acids is 2. The van der Waals surface area contributed by atoms with Crippen LogP contribution in [0.4, 0.5) is 11.4 Å². The molecule has 1 atom stereocenters. The molecule has 1 aliphatic heterocycles. The van der Waals surface area contributed by atoms with Crippen LogP contribution in [0.5, 0.6) is 0 Å². The molecule has 0 fully saturated rings. The Labute approximate surface area is 176 Å². The summed E-state index contributed by atoms with van der Waals surface area (Å²) in [7, 11) is 0. The summed E-state index contributed by atoms with van der Waals surface area (Å²) < 4.78 is 0. The summed E-state index contributed by atoms with van der Waals surface area (Å²) in [6.07, 6.45) is 4.26.